The minimum atomic E-state index is 0.367. The Morgan fingerprint density at radius 2 is 1.88 bits per heavy atom. The molecule has 3 nitrogen and oxygen atoms in total. The van der Waals surface area contributed by atoms with E-state index >= 15 is 0 Å². The van der Waals surface area contributed by atoms with E-state index in [9.17, 15) is 4.79 Å². The lowest BCUT2D eigenvalue weighted by molar-refractivity contribution is -0.130. The standard InChI is InChI=1S/C14H26N2O/c15-10-13-8-9-16(11-13)14(17)7-6-12-4-2-1-3-5-12/h12-13H,1-11,15H2. The molecule has 1 heterocycles. The van der Waals surface area contributed by atoms with Crippen LogP contribution in [0.15, 0.2) is 0 Å². The number of carbonyl (C=O) groups excluding carboxylic acids is 1. The van der Waals surface area contributed by atoms with Gasteiger partial charge < -0.3 is 10.6 Å². The Bertz CT molecular complexity index is 249. The average molecular weight is 238 g/mol. The molecule has 0 radical (unpaired) electrons. The van der Waals surface area contributed by atoms with Gasteiger partial charge in [-0.1, -0.05) is 32.1 Å². The summed E-state index contributed by atoms with van der Waals surface area (Å²) in [7, 11) is 0. The minimum absolute atomic E-state index is 0.367. The van der Waals surface area contributed by atoms with Crippen LogP contribution in [0.2, 0.25) is 0 Å². The van der Waals surface area contributed by atoms with Crippen LogP contribution >= 0.6 is 0 Å². The zero-order chi connectivity index (χ0) is 12.1. The van der Waals surface area contributed by atoms with E-state index in [1.54, 1.807) is 0 Å². The Hall–Kier alpha value is -0.570. The third-order valence-corrected chi connectivity index (χ3v) is 4.46. The average Bonchev–Trinajstić information content (AvgIpc) is 2.86. The molecule has 1 aliphatic carbocycles. The summed E-state index contributed by atoms with van der Waals surface area (Å²) in [4.78, 5) is 14.1. The van der Waals surface area contributed by atoms with Gasteiger partial charge in [-0.2, -0.15) is 0 Å². The molecule has 2 rings (SSSR count). The number of nitrogens with two attached hydrogens (primary N) is 1. The Kier molecular flexibility index (Phi) is 4.84. The fourth-order valence-electron chi connectivity index (χ4n) is 3.21. The molecular weight excluding hydrogens is 212 g/mol. The van der Waals surface area contributed by atoms with E-state index in [-0.39, 0.29) is 0 Å². The second-order valence-corrected chi connectivity index (χ2v) is 5.77. The van der Waals surface area contributed by atoms with Gasteiger partial charge in [-0.15, -0.1) is 0 Å². The van der Waals surface area contributed by atoms with Crippen LogP contribution in [-0.4, -0.2) is 30.4 Å². The van der Waals surface area contributed by atoms with Gasteiger partial charge in [-0.25, -0.2) is 0 Å². The highest BCUT2D eigenvalue weighted by Crippen LogP contribution is 2.28. The second kappa shape index (κ2) is 6.39. The minimum Gasteiger partial charge on any atom is -0.342 e. The van der Waals surface area contributed by atoms with Crippen molar-refractivity contribution in [2.45, 2.75) is 51.4 Å². The predicted molar refractivity (Wildman–Crippen MR) is 69.6 cm³/mol. The van der Waals surface area contributed by atoms with Crippen LogP contribution in [0, 0.1) is 11.8 Å². The van der Waals surface area contributed by atoms with Crippen molar-refractivity contribution in [1.29, 1.82) is 0 Å². The van der Waals surface area contributed by atoms with Gasteiger partial charge in [0.25, 0.3) is 0 Å². The molecule has 2 aliphatic rings. The maximum atomic E-state index is 12.0. The summed E-state index contributed by atoms with van der Waals surface area (Å²) in [6, 6.07) is 0. The van der Waals surface area contributed by atoms with Gasteiger partial charge in [0.2, 0.25) is 5.91 Å². The van der Waals surface area contributed by atoms with Crippen LogP contribution in [-0.2, 0) is 4.79 Å². The SMILES string of the molecule is NCC1CCN(C(=O)CCC2CCCCC2)C1. The fourth-order valence-corrected chi connectivity index (χ4v) is 3.21. The third-order valence-electron chi connectivity index (χ3n) is 4.46. The monoisotopic (exact) mass is 238 g/mol. The van der Waals surface area contributed by atoms with Gasteiger partial charge in [-0.05, 0) is 31.2 Å². The first-order valence-corrected chi connectivity index (χ1v) is 7.27. The molecule has 0 aromatic heterocycles. The van der Waals surface area contributed by atoms with Crippen LogP contribution in [0.25, 0.3) is 0 Å². The maximum Gasteiger partial charge on any atom is 0.222 e. The number of hydrogen-bond acceptors (Lipinski definition) is 2. The van der Waals surface area contributed by atoms with E-state index in [1.165, 1.54) is 32.1 Å². The van der Waals surface area contributed by atoms with Crippen molar-refractivity contribution < 1.29 is 4.79 Å². The predicted octanol–water partition coefficient (Wildman–Crippen LogP) is 2.15. The molecule has 1 amide bonds. The van der Waals surface area contributed by atoms with Gasteiger partial charge in [-0.3, -0.25) is 4.79 Å². The molecule has 1 unspecified atom stereocenters. The first kappa shape index (κ1) is 12.9. The number of hydrogen-bond donors (Lipinski definition) is 1. The summed E-state index contributed by atoms with van der Waals surface area (Å²) in [6.07, 6.45) is 9.82. The lowest BCUT2D eigenvalue weighted by atomic mass is 9.86. The lowest BCUT2D eigenvalue weighted by Gasteiger charge is -2.22. The Labute approximate surface area is 105 Å². The number of rotatable bonds is 4. The van der Waals surface area contributed by atoms with Gasteiger partial charge in [0, 0.05) is 19.5 Å². The summed E-state index contributed by atoms with van der Waals surface area (Å²) >= 11 is 0. The summed E-state index contributed by atoms with van der Waals surface area (Å²) in [5.74, 6) is 1.74. The van der Waals surface area contributed by atoms with Crippen LogP contribution in [0.4, 0.5) is 0 Å². The Balaban J connectivity index is 1.66. The second-order valence-electron chi connectivity index (χ2n) is 5.77. The van der Waals surface area contributed by atoms with Gasteiger partial charge in [0.05, 0.1) is 0 Å². The van der Waals surface area contributed by atoms with Gasteiger partial charge >= 0.3 is 0 Å². The molecule has 2 fully saturated rings. The van der Waals surface area contributed by atoms with E-state index < -0.39 is 0 Å². The van der Waals surface area contributed by atoms with Crippen LogP contribution in [0.5, 0.6) is 0 Å². The van der Waals surface area contributed by atoms with Crippen LogP contribution in [0.3, 0.4) is 0 Å². The molecule has 2 N–H and O–H groups in total. The van der Waals surface area contributed by atoms with Gasteiger partial charge in [0.15, 0.2) is 0 Å². The molecule has 98 valence electrons. The highest BCUT2D eigenvalue weighted by molar-refractivity contribution is 5.76. The maximum absolute atomic E-state index is 12.0. The molecule has 0 spiro atoms. The van der Waals surface area contributed by atoms with E-state index in [0.717, 1.165) is 44.8 Å². The Morgan fingerprint density at radius 3 is 2.53 bits per heavy atom. The highest BCUT2D eigenvalue weighted by Gasteiger charge is 2.25. The Morgan fingerprint density at radius 1 is 1.12 bits per heavy atom. The van der Waals surface area contributed by atoms with Crippen LogP contribution in [0.1, 0.15) is 51.4 Å². The van der Waals surface area contributed by atoms with Crippen molar-refractivity contribution in [1.82, 2.24) is 4.90 Å². The molecule has 3 heteroatoms. The van der Waals surface area contributed by atoms with Crippen LogP contribution < -0.4 is 5.73 Å². The largest absolute Gasteiger partial charge is 0.342 e. The molecule has 0 aromatic carbocycles. The number of nitrogens with zero attached hydrogens (tertiary/aromatic N) is 1. The molecule has 0 bridgehead atoms. The molecule has 1 saturated heterocycles. The van der Waals surface area contributed by atoms with Gasteiger partial charge in [0.1, 0.15) is 0 Å². The van der Waals surface area contributed by atoms with Crippen molar-refractivity contribution in [3.63, 3.8) is 0 Å². The molecule has 1 saturated carbocycles. The molecule has 1 atom stereocenters. The van der Waals surface area contributed by atoms with E-state index in [0.29, 0.717) is 11.8 Å². The highest BCUT2D eigenvalue weighted by atomic mass is 16.2. The smallest absolute Gasteiger partial charge is 0.222 e. The lowest BCUT2D eigenvalue weighted by Crippen LogP contribution is -2.30. The normalized spacial score (nSPS) is 26.4. The van der Waals surface area contributed by atoms with Crippen molar-refractivity contribution in [2.75, 3.05) is 19.6 Å². The molecule has 0 aromatic rings. The van der Waals surface area contributed by atoms with Crippen molar-refractivity contribution in [3.8, 4) is 0 Å². The van der Waals surface area contributed by atoms with Crippen molar-refractivity contribution in [2.24, 2.45) is 17.6 Å². The van der Waals surface area contributed by atoms with E-state index in [4.69, 9.17) is 5.73 Å². The number of amides is 1. The molecule has 17 heavy (non-hydrogen) atoms. The number of carbonyl (C=O) groups is 1. The summed E-state index contributed by atoms with van der Waals surface area (Å²) in [5.41, 5.74) is 5.65. The quantitative estimate of drug-likeness (QED) is 0.815. The van der Waals surface area contributed by atoms with Crippen molar-refractivity contribution >= 4 is 5.91 Å². The van der Waals surface area contributed by atoms with E-state index in [1.807, 2.05) is 4.90 Å². The first-order valence-electron chi connectivity index (χ1n) is 7.27. The summed E-state index contributed by atoms with van der Waals surface area (Å²) < 4.78 is 0. The first-order chi connectivity index (χ1) is 8.29. The summed E-state index contributed by atoms with van der Waals surface area (Å²) in [6.45, 7) is 2.57. The fraction of sp³-hybridized carbons (Fsp3) is 0.929. The molecule has 1 aliphatic heterocycles. The molecular formula is C14H26N2O. The zero-order valence-corrected chi connectivity index (χ0v) is 10.9. The zero-order valence-electron chi connectivity index (χ0n) is 10.9. The van der Waals surface area contributed by atoms with E-state index in [2.05, 4.69) is 0 Å². The topological polar surface area (TPSA) is 46.3 Å². The third kappa shape index (κ3) is 3.70. The van der Waals surface area contributed by atoms with Crippen molar-refractivity contribution in [3.05, 3.63) is 0 Å². The summed E-state index contributed by atoms with van der Waals surface area (Å²) in [5, 5.41) is 0. The number of likely N-dealkylation sites (tertiary alicyclic amines) is 1.